The molecule has 0 radical (unpaired) electrons. The van der Waals surface area contributed by atoms with Crippen LogP contribution in [0.15, 0.2) is 48.5 Å². The summed E-state index contributed by atoms with van der Waals surface area (Å²) >= 11 is 0. The molecule has 0 atom stereocenters. The third-order valence-corrected chi connectivity index (χ3v) is 3.33. The quantitative estimate of drug-likeness (QED) is 0.746. The van der Waals surface area contributed by atoms with Crippen molar-refractivity contribution in [1.29, 1.82) is 0 Å². The van der Waals surface area contributed by atoms with Crippen LogP contribution in [0.5, 0.6) is 0 Å². The highest BCUT2D eigenvalue weighted by atomic mass is 16.1. The zero-order chi connectivity index (χ0) is 18.0. The lowest BCUT2D eigenvalue weighted by Crippen LogP contribution is -2.26. The summed E-state index contributed by atoms with van der Waals surface area (Å²) in [7, 11) is 0. The fraction of sp³-hybridized carbons (Fsp3) is 0.381. The Morgan fingerprint density at radius 3 is 1.17 bits per heavy atom. The predicted molar refractivity (Wildman–Crippen MR) is 103 cm³/mol. The van der Waals surface area contributed by atoms with Crippen LogP contribution in [0.4, 0.5) is 11.4 Å². The summed E-state index contributed by atoms with van der Waals surface area (Å²) in [5, 5.41) is 6.79. The SMILES string of the molecule is CC(C)(C)Nc1ccc(C(=O)c2ccc(NC(C)(C)C)cc2)cc1. The zero-order valence-corrected chi connectivity index (χ0v) is 15.5. The van der Waals surface area contributed by atoms with E-state index in [0.29, 0.717) is 11.1 Å². The molecule has 3 heteroatoms. The molecule has 3 nitrogen and oxygen atoms in total. The van der Waals surface area contributed by atoms with Crippen LogP contribution >= 0.6 is 0 Å². The predicted octanol–water partition coefficient (Wildman–Crippen LogP) is 5.34. The highest BCUT2D eigenvalue weighted by Gasteiger charge is 2.13. The first kappa shape index (κ1) is 18.1. The number of carbonyl (C=O) groups excluding carboxylic acids is 1. The second-order valence-electron chi connectivity index (χ2n) is 8.23. The smallest absolute Gasteiger partial charge is 0.193 e. The number of ketones is 1. The van der Waals surface area contributed by atoms with Gasteiger partial charge in [0.15, 0.2) is 5.78 Å². The molecule has 0 fully saturated rings. The molecule has 24 heavy (non-hydrogen) atoms. The van der Waals surface area contributed by atoms with Gasteiger partial charge in [0.2, 0.25) is 0 Å². The van der Waals surface area contributed by atoms with Crippen molar-refractivity contribution in [2.24, 2.45) is 0 Å². The fourth-order valence-electron chi connectivity index (χ4n) is 2.44. The van der Waals surface area contributed by atoms with E-state index in [0.717, 1.165) is 11.4 Å². The van der Waals surface area contributed by atoms with E-state index < -0.39 is 0 Å². The Morgan fingerprint density at radius 1 is 0.625 bits per heavy atom. The highest BCUT2D eigenvalue weighted by molar-refractivity contribution is 6.09. The average molecular weight is 324 g/mol. The Labute approximate surface area is 145 Å². The summed E-state index contributed by atoms with van der Waals surface area (Å²) in [5.74, 6) is 0.0413. The number of hydrogen-bond acceptors (Lipinski definition) is 3. The van der Waals surface area contributed by atoms with Gasteiger partial charge in [-0.15, -0.1) is 0 Å². The normalized spacial score (nSPS) is 11.9. The van der Waals surface area contributed by atoms with Crippen LogP contribution in [-0.2, 0) is 0 Å². The maximum atomic E-state index is 12.6. The molecule has 2 N–H and O–H groups in total. The number of anilines is 2. The topological polar surface area (TPSA) is 41.1 Å². The minimum absolute atomic E-state index is 0.00140. The third kappa shape index (κ3) is 5.41. The molecule has 0 unspecified atom stereocenters. The van der Waals surface area contributed by atoms with Gasteiger partial charge in [-0.05, 0) is 90.1 Å². The van der Waals surface area contributed by atoms with E-state index in [9.17, 15) is 4.79 Å². The van der Waals surface area contributed by atoms with E-state index in [-0.39, 0.29) is 16.9 Å². The van der Waals surface area contributed by atoms with Crippen molar-refractivity contribution in [3.8, 4) is 0 Å². The Morgan fingerprint density at radius 2 is 0.917 bits per heavy atom. The number of benzene rings is 2. The van der Waals surface area contributed by atoms with E-state index in [1.807, 2.05) is 48.5 Å². The summed E-state index contributed by atoms with van der Waals surface area (Å²) in [6, 6.07) is 15.3. The van der Waals surface area contributed by atoms with E-state index >= 15 is 0 Å². The largest absolute Gasteiger partial charge is 0.380 e. The second-order valence-corrected chi connectivity index (χ2v) is 8.23. The van der Waals surface area contributed by atoms with Gasteiger partial charge in [0.1, 0.15) is 0 Å². The van der Waals surface area contributed by atoms with Gasteiger partial charge in [0.25, 0.3) is 0 Å². The standard InChI is InChI=1S/C21H28N2O/c1-20(2,3)22-17-11-7-15(8-12-17)19(24)16-9-13-18(14-10-16)23-21(4,5)6/h7-14,22-23H,1-6H3. The van der Waals surface area contributed by atoms with Gasteiger partial charge in [-0.25, -0.2) is 0 Å². The minimum atomic E-state index is 0.00140. The molecule has 0 aromatic heterocycles. The van der Waals surface area contributed by atoms with Gasteiger partial charge in [0.05, 0.1) is 0 Å². The summed E-state index contributed by atoms with van der Waals surface area (Å²) in [6.07, 6.45) is 0. The van der Waals surface area contributed by atoms with Gasteiger partial charge >= 0.3 is 0 Å². The number of hydrogen-bond donors (Lipinski definition) is 2. The number of rotatable bonds is 4. The van der Waals surface area contributed by atoms with Gasteiger partial charge < -0.3 is 10.6 Å². The molecular formula is C21H28N2O. The number of nitrogens with one attached hydrogen (secondary N) is 2. The first-order valence-corrected chi connectivity index (χ1v) is 8.35. The van der Waals surface area contributed by atoms with Crippen LogP contribution in [0.25, 0.3) is 0 Å². The van der Waals surface area contributed by atoms with Crippen molar-refractivity contribution < 1.29 is 4.79 Å². The molecule has 2 aromatic rings. The van der Waals surface area contributed by atoms with Crippen molar-refractivity contribution >= 4 is 17.2 Å². The lowest BCUT2D eigenvalue weighted by atomic mass is 10.0. The summed E-state index contributed by atoms with van der Waals surface area (Å²) in [4.78, 5) is 12.6. The molecule has 0 aliphatic rings. The molecule has 0 saturated heterocycles. The van der Waals surface area contributed by atoms with Gasteiger partial charge in [-0.1, -0.05) is 0 Å². The molecule has 0 aliphatic heterocycles. The Bertz CT molecular complexity index is 625. The molecule has 2 rings (SSSR count). The van der Waals surface area contributed by atoms with Crippen LogP contribution in [0, 0.1) is 0 Å². The first-order valence-electron chi connectivity index (χ1n) is 8.35. The van der Waals surface area contributed by atoms with E-state index in [1.165, 1.54) is 0 Å². The molecule has 0 heterocycles. The highest BCUT2D eigenvalue weighted by Crippen LogP contribution is 2.19. The monoisotopic (exact) mass is 324 g/mol. The lowest BCUT2D eigenvalue weighted by Gasteiger charge is -2.22. The van der Waals surface area contributed by atoms with Crippen molar-refractivity contribution in [2.75, 3.05) is 10.6 Å². The van der Waals surface area contributed by atoms with Gasteiger partial charge in [0, 0.05) is 33.6 Å². The fourth-order valence-corrected chi connectivity index (χ4v) is 2.44. The molecule has 0 saturated carbocycles. The Hall–Kier alpha value is -2.29. The van der Waals surface area contributed by atoms with Crippen LogP contribution < -0.4 is 10.6 Å². The van der Waals surface area contributed by atoms with E-state index in [1.54, 1.807) is 0 Å². The molecular weight excluding hydrogens is 296 g/mol. The Balaban J connectivity index is 2.11. The first-order chi connectivity index (χ1) is 11.0. The van der Waals surface area contributed by atoms with E-state index in [2.05, 4.69) is 52.2 Å². The molecule has 0 amide bonds. The van der Waals surface area contributed by atoms with Crippen molar-refractivity contribution in [3.63, 3.8) is 0 Å². The third-order valence-electron chi connectivity index (χ3n) is 3.33. The maximum Gasteiger partial charge on any atom is 0.193 e. The zero-order valence-electron chi connectivity index (χ0n) is 15.5. The summed E-state index contributed by atoms with van der Waals surface area (Å²) in [5.41, 5.74) is 3.44. The van der Waals surface area contributed by atoms with Crippen molar-refractivity contribution in [1.82, 2.24) is 0 Å². The Kier molecular flexibility index (Phi) is 5.02. The molecule has 2 aromatic carbocycles. The average Bonchev–Trinajstić information content (AvgIpc) is 2.45. The van der Waals surface area contributed by atoms with Crippen LogP contribution in [0.1, 0.15) is 57.5 Å². The molecule has 0 spiro atoms. The minimum Gasteiger partial charge on any atom is -0.380 e. The van der Waals surface area contributed by atoms with Crippen molar-refractivity contribution in [3.05, 3.63) is 59.7 Å². The maximum absolute atomic E-state index is 12.6. The summed E-state index contributed by atoms with van der Waals surface area (Å²) in [6.45, 7) is 12.7. The van der Waals surface area contributed by atoms with Crippen LogP contribution in [0.3, 0.4) is 0 Å². The second kappa shape index (κ2) is 6.68. The molecule has 0 aliphatic carbocycles. The van der Waals surface area contributed by atoms with Crippen molar-refractivity contribution in [2.45, 2.75) is 52.6 Å². The van der Waals surface area contributed by atoms with E-state index in [4.69, 9.17) is 0 Å². The van der Waals surface area contributed by atoms with Gasteiger partial charge in [-0.2, -0.15) is 0 Å². The number of carbonyl (C=O) groups is 1. The molecule has 0 bridgehead atoms. The lowest BCUT2D eigenvalue weighted by molar-refractivity contribution is 0.103. The summed E-state index contributed by atoms with van der Waals surface area (Å²) < 4.78 is 0. The molecule has 128 valence electrons. The van der Waals surface area contributed by atoms with Crippen LogP contribution in [0.2, 0.25) is 0 Å². The van der Waals surface area contributed by atoms with Gasteiger partial charge in [-0.3, -0.25) is 4.79 Å². The van der Waals surface area contributed by atoms with Crippen LogP contribution in [-0.4, -0.2) is 16.9 Å².